The van der Waals surface area contributed by atoms with Crippen molar-refractivity contribution in [2.75, 3.05) is 13.2 Å². The number of carbonyl (C=O) groups is 3. The Labute approximate surface area is 200 Å². The van der Waals surface area contributed by atoms with Crippen LogP contribution in [0.15, 0.2) is 48.5 Å². The first-order valence-electron chi connectivity index (χ1n) is 11.8. The Morgan fingerprint density at radius 1 is 1.03 bits per heavy atom. The number of fused-ring (bicyclic) bond motifs is 3. The molecule has 0 aromatic heterocycles. The number of aliphatic carboxylic acids is 1. The van der Waals surface area contributed by atoms with Crippen LogP contribution in [0.3, 0.4) is 0 Å². The zero-order valence-electron chi connectivity index (χ0n) is 19.9. The van der Waals surface area contributed by atoms with Crippen molar-refractivity contribution in [3.63, 3.8) is 0 Å². The van der Waals surface area contributed by atoms with Gasteiger partial charge in [-0.2, -0.15) is 0 Å². The molecule has 1 heterocycles. The van der Waals surface area contributed by atoms with E-state index in [4.69, 9.17) is 4.74 Å². The van der Waals surface area contributed by atoms with Crippen molar-refractivity contribution in [3.05, 3.63) is 59.7 Å². The maximum atomic E-state index is 13.4. The van der Waals surface area contributed by atoms with E-state index < -0.39 is 29.6 Å². The van der Waals surface area contributed by atoms with Gasteiger partial charge in [0.1, 0.15) is 18.7 Å². The van der Waals surface area contributed by atoms with Crippen LogP contribution in [0.1, 0.15) is 57.1 Å². The fourth-order valence-corrected chi connectivity index (χ4v) is 5.02. The van der Waals surface area contributed by atoms with Crippen LogP contribution in [-0.4, -0.2) is 53.2 Å². The highest BCUT2D eigenvalue weighted by Gasteiger charge is 2.41. The van der Waals surface area contributed by atoms with Crippen LogP contribution in [0.25, 0.3) is 11.1 Å². The quantitative estimate of drug-likeness (QED) is 0.684. The summed E-state index contributed by atoms with van der Waals surface area (Å²) in [6, 6.07) is 14.4. The van der Waals surface area contributed by atoms with Gasteiger partial charge in [-0.1, -0.05) is 69.3 Å². The van der Waals surface area contributed by atoms with Crippen molar-refractivity contribution < 1.29 is 24.2 Å². The minimum Gasteiger partial charge on any atom is -0.480 e. The zero-order chi connectivity index (χ0) is 24.5. The average Bonchev–Trinajstić information content (AvgIpc) is 3.14. The number of nitrogens with zero attached hydrogens (tertiary/aromatic N) is 1. The number of hydrogen-bond acceptors (Lipinski definition) is 4. The predicted octanol–water partition coefficient (Wildman–Crippen LogP) is 4.41. The number of carbonyl (C=O) groups excluding carboxylic acids is 2. The van der Waals surface area contributed by atoms with Gasteiger partial charge in [0.15, 0.2) is 0 Å². The third-order valence-corrected chi connectivity index (χ3v) is 6.79. The van der Waals surface area contributed by atoms with Gasteiger partial charge >= 0.3 is 12.1 Å². The van der Waals surface area contributed by atoms with E-state index in [1.165, 1.54) is 4.90 Å². The standard InChI is InChI=1S/C27H32N2O5/c1-27(2,3)23(24(30)29-15-9-8-14-22(29)25(31)32)28-26(33)34-16-21-19-12-6-4-10-17(19)18-11-5-7-13-20(18)21/h4-7,10-13,21-23H,8-9,14-16H2,1-3H3,(H,28,33)(H,31,32)/t22-,23?/m1/s1. The first-order valence-corrected chi connectivity index (χ1v) is 11.8. The van der Waals surface area contributed by atoms with Gasteiger partial charge in [0.2, 0.25) is 5.91 Å². The van der Waals surface area contributed by atoms with Crippen molar-refractivity contribution in [1.82, 2.24) is 10.2 Å². The summed E-state index contributed by atoms with van der Waals surface area (Å²) in [7, 11) is 0. The Hall–Kier alpha value is -3.35. The van der Waals surface area contributed by atoms with Crippen molar-refractivity contribution in [1.29, 1.82) is 0 Å². The lowest BCUT2D eigenvalue weighted by atomic mass is 9.85. The van der Waals surface area contributed by atoms with Crippen molar-refractivity contribution >= 4 is 18.0 Å². The second-order valence-electron chi connectivity index (χ2n) is 10.2. The van der Waals surface area contributed by atoms with E-state index >= 15 is 0 Å². The molecule has 2 amide bonds. The van der Waals surface area contributed by atoms with E-state index in [0.717, 1.165) is 35.1 Å². The van der Waals surface area contributed by atoms with E-state index in [2.05, 4.69) is 17.4 Å². The Balaban J connectivity index is 1.47. The lowest BCUT2D eigenvalue weighted by Crippen LogP contribution is -2.59. The number of amides is 2. The number of carboxylic acid groups (broad SMARTS) is 1. The van der Waals surface area contributed by atoms with Gasteiger partial charge < -0.3 is 20.1 Å². The molecule has 180 valence electrons. The fraction of sp³-hybridized carbons (Fsp3) is 0.444. The van der Waals surface area contributed by atoms with E-state index in [1.807, 2.05) is 57.2 Å². The molecule has 1 unspecified atom stereocenters. The van der Waals surface area contributed by atoms with E-state index in [9.17, 15) is 19.5 Å². The fourth-order valence-electron chi connectivity index (χ4n) is 5.02. The number of nitrogens with one attached hydrogen (secondary N) is 1. The maximum absolute atomic E-state index is 13.4. The van der Waals surface area contributed by atoms with Crippen LogP contribution in [0.4, 0.5) is 4.79 Å². The lowest BCUT2D eigenvalue weighted by Gasteiger charge is -2.39. The molecule has 1 aliphatic carbocycles. The Bertz CT molecular complexity index is 1040. The van der Waals surface area contributed by atoms with E-state index in [1.54, 1.807) is 0 Å². The Kier molecular flexibility index (Phi) is 6.64. The van der Waals surface area contributed by atoms with Crippen LogP contribution in [-0.2, 0) is 14.3 Å². The summed E-state index contributed by atoms with van der Waals surface area (Å²) in [4.78, 5) is 39.3. The molecule has 1 saturated heterocycles. The third-order valence-electron chi connectivity index (χ3n) is 6.79. The second-order valence-corrected chi connectivity index (χ2v) is 10.2. The maximum Gasteiger partial charge on any atom is 0.407 e. The van der Waals surface area contributed by atoms with Gasteiger partial charge in [0, 0.05) is 12.5 Å². The molecule has 0 saturated carbocycles. The summed E-state index contributed by atoms with van der Waals surface area (Å²) in [5.74, 6) is -1.48. The molecule has 0 radical (unpaired) electrons. The second kappa shape index (κ2) is 9.49. The van der Waals surface area contributed by atoms with Crippen LogP contribution >= 0.6 is 0 Å². The van der Waals surface area contributed by atoms with Crippen LogP contribution in [0.2, 0.25) is 0 Å². The first kappa shape index (κ1) is 23.8. The minimum absolute atomic E-state index is 0.0829. The molecule has 34 heavy (non-hydrogen) atoms. The highest BCUT2D eigenvalue weighted by molar-refractivity contribution is 5.90. The predicted molar refractivity (Wildman–Crippen MR) is 128 cm³/mol. The molecule has 2 atom stereocenters. The van der Waals surface area contributed by atoms with Crippen molar-refractivity contribution in [2.24, 2.45) is 5.41 Å². The average molecular weight is 465 g/mol. The first-order chi connectivity index (χ1) is 16.2. The number of ether oxygens (including phenoxy) is 1. The molecule has 1 fully saturated rings. The Morgan fingerprint density at radius 2 is 1.62 bits per heavy atom. The summed E-state index contributed by atoms with van der Waals surface area (Å²) in [5, 5.41) is 12.3. The molecule has 4 rings (SSSR count). The summed E-state index contributed by atoms with van der Waals surface area (Å²) < 4.78 is 5.64. The minimum atomic E-state index is -1.01. The normalized spacial score (nSPS) is 18.6. The zero-order valence-corrected chi connectivity index (χ0v) is 19.9. The van der Waals surface area contributed by atoms with E-state index in [0.29, 0.717) is 13.0 Å². The van der Waals surface area contributed by atoms with Gasteiger partial charge in [0.25, 0.3) is 0 Å². The molecule has 2 aliphatic rings. The topological polar surface area (TPSA) is 95.9 Å². The van der Waals surface area contributed by atoms with Crippen molar-refractivity contribution in [3.8, 4) is 11.1 Å². The Morgan fingerprint density at radius 3 is 2.18 bits per heavy atom. The molecule has 2 aromatic carbocycles. The lowest BCUT2D eigenvalue weighted by molar-refractivity contribution is -0.154. The molecule has 7 heteroatoms. The molecule has 2 aromatic rings. The van der Waals surface area contributed by atoms with Gasteiger partial charge in [-0.15, -0.1) is 0 Å². The molecule has 1 aliphatic heterocycles. The third kappa shape index (κ3) is 4.65. The molecular weight excluding hydrogens is 432 g/mol. The number of likely N-dealkylation sites (tertiary alicyclic amines) is 1. The van der Waals surface area contributed by atoms with Crippen LogP contribution < -0.4 is 5.32 Å². The number of carboxylic acids is 1. The van der Waals surface area contributed by atoms with Crippen molar-refractivity contribution in [2.45, 2.75) is 58.0 Å². The van der Waals surface area contributed by atoms with Crippen LogP contribution in [0, 0.1) is 5.41 Å². The van der Waals surface area contributed by atoms with E-state index in [-0.39, 0.29) is 18.4 Å². The van der Waals surface area contributed by atoms with Gasteiger partial charge in [0.05, 0.1) is 0 Å². The molecule has 7 nitrogen and oxygen atoms in total. The smallest absolute Gasteiger partial charge is 0.407 e. The highest BCUT2D eigenvalue weighted by atomic mass is 16.5. The van der Waals surface area contributed by atoms with Gasteiger partial charge in [-0.3, -0.25) is 4.79 Å². The largest absolute Gasteiger partial charge is 0.480 e. The summed E-state index contributed by atoms with van der Waals surface area (Å²) in [5.41, 5.74) is 3.87. The SMILES string of the molecule is CC(C)(C)C(NC(=O)OCC1c2ccccc2-c2ccccc21)C(=O)N1CCCC[C@@H]1C(=O)O. The number of rotatable bonds is 5. The number of alkyl carbamates (subject to hydrolysis) is 1. The number of piperidine rings is 1. The molecule has 2 N–H and O–H groups in total. The molecule has 0 bridgehead atoms. The number of benzene rings is 2. The van der Waals surface area contributed by atoms with Gasteiger partial charge in [-0.25, -0.2) is 9.59 Å². The highest BCUT2D eigenvalue weighted by Crippen LogP contribution is 2.44. The summed E-state index contributed by atoms with van der Waals surface area (Å²) in [6.07, 6.45) is 1.25. The molecule has 0 spiro atoms. The molecular formula is C27H32N2O5. The monoisotopic (exact) mass is 464 g/mol. The summed E-state index contributed by atoms with van der Waals surface area (Å²) in [6.45, 7) is 6.05. The van der Waals surface area contributed by atoms with Crippen LogP contribution in [0.5, 0.6) is 0 Å². The van der Waals surface area contributed by atoms with Gasteiger partial charge in [-0.05, 0) is 46.9 Å². The number of hydrogen-bond donors (Lipinski definition) is 2. The summed E-state index contributed by atoms with van der Waals surface area (Å²) >= 11 is 0.